The molecule has 0 fully saturated rings. The molecular weight excluding hydrogens is 500 g/mol. The highest BCUT2D eigenvalue weighted by molar-refractivity contribution is 6.49. The van der Waals surface area contributed by atoms with Gasteiger partial charge in [0.15, 0.2) is 0 Å². The van der Waals surface area contributed by atoms with Gasteiger partial charge in [-0.05, 0) is 35.9 Å². The summed E-state index contributed by atoms with van der Waals surface area (Å²) >= 11 is 36.1. The van der Waals surface area contributed by atoms with Crippen LogP contribution in [0.2, 0.25) is 30.1 Å². The monoisotopic (exact) mass is 503 g/mol. The van der Waals surface area contributed by atoms with Gasteiger partial charge in [-0.15, -0.1) is 0 Å². The Hall–Kier alpha value is -0.880. The van der Waals surface area contributed by atoms with Crippen LogP contribution in [-0.4, -0.2) is 4.98 Å². The van der Waals surface area contributed by atoms with Gasteiger partial charge in [0.05, 0.1) is 35.8 Å². The van der Waals surface area contributed by atoms with Crippen molar-refractivity contribution >= 4 is 69.6 Å². The van der Waals surface area contributed by atoms with Crippen molar-refractivity contribution in [2.24, 2.45) is 0 Å². The molecule has 0 aliphatic carbocycles. The summed E-state index contributed by atoms with van der Waals surface area (Å²) in [6.07, 6.45) is -4.65. The van der Waals surface area contributed by atoms with Crippen molar-refractivity contribution in [3.63, 3.8) is 0 Å². The molecule has 0 amide bonds. The maximum atomic E-state index is 13.2. The van der Waals surface area contributed by atoms with Crippen LogP contribution in [0.1, 0.15) is 5.69 Å². The van der Waals surface area contributed by atoms with Gasteiger partial charge in [0.2, 0.25) is 0 Å². The lowest BCUT2D eigenvalue weighted by Gasteiger charge is -2.15. The lowest BCUT2D eigenvalue weighted by molar-refractivity contribution is -0.141. The van der Waals surface area contributed by atoms with Gasteiger partial charge in [-0.3, -0.25) is 0 Å². The van der Waals surface area contributed by atoms with E-state index in [0.29, 0.717) is 11.1 Å². The quantitative estimate of drug-likeness (QED) is 0.316. The second-order valence-corrected chi connectivity index (χ2v) is 7.98. The van der Waals surface area contributed by atoms with Gasteiger partial charge in [0.1, 0.15) is 5.69 Å². The van der Waals surface area contributed by atoms with Gasteiger partial charge in [-0.1, -0.05) is 75.7 Å². The Bertz CT molecular complexity index is 1040. The molecule has 0 radical (unpaired) electrons. The van der Waals surface area contributed by atoms with E-state index in [1.54, 1.807) is 0 Å². The van der Waals surface area contributed by atoms with Crippen LogP contribution >= 0.6 is 69.6 Å². The largest absolute Gasteiger partial charge is 0.433 e. The summed E-state index contributed by atoms with van der Waals surface area (Å²) in [5, 5.41) is 0.636. The molecule has 1 nitrogen and oxygen atoms in total. The van der Waals surface area contributed by atoms with E-state index in [0.717, 1.165) is 6.07 Å². The van der Waals surface area contributed by atoms with Crippen molar-refractivity contribution in [3.8, 4) is 22.4 Å². The third-order valence-electron chi connectivity index (χ3n) is 3.74. The number of hydrogen-bond donors (Lipinski definition) is 0. The lowest BCUT2D eigenvalue weighted by Crippen LogP contribution is -2.09. The zero-order chi connectivity index (χ0) is 20.8. The summed E-state index contributed by atoms with van der Waals surface area (Å²) in [7, 11) is 0. The molecule has 28 heavy (non-hydrogen) atoms. The fourth-order valence-corrected chi connectivity index (χ4v) is 3.67. The zero-order valence-corrected chi connectivity index (χ0v) is 17.8. The summed E-state index contributed by atoms with van der Waals surface area (Å²) < 4.78 is 39.7. The van der Waals surface area contributed by atoms with Gasteiger partial charge >= 0.3 is 6.18 Å². The highest BCUT2D eigenvalue weighted by atomic mass is 35.5. The average molecular weight is 506 g/mol. The van der Waals surface area contributed by atoms with E-state index in [1.165, 1.54) is 30.3 Å². The van der Waals surface area contributed by atoms with Crippen molar-refractivity contribution < 1.29 is 13.2 Å². The molecule has 3 rings (SSSR count). The molecule has 3 aromatic rings. The van der Waals surface area contributed by atoms with Crippen molar-refractivity contribution in [2.45, 2.75) is 6.18 Å². The Balaban J connectivity index is 2.33. The maximum absolute atomic E-state index is 13.2. The number of rotatable bonds is 2. The van der Waals surface area contributed by atoms with Gasteiger partial charge in [-0.2, -0.15) is 13.2 Å². The highest BCUT2D eigenvalue weighted by Crippen LogP contribution is 2.42. The Morgan fingerprint density at radius 2 is 1.07 bits per heavy atom. The van der Waals surface area contributed by atoms with Crippen LogP contribution in [0.3, 0.4) is 0 Å². The topological polar surface area (TPSA) is 12.9 Å². The molecule has 2 aromatic carbocycles. The number of alkyl halides is 3. The summed E-state index contributed by atoms with van der Waals surface area (Å²) in [4.78, 5) is 3.78. The fourth-order valence-electron chi connectivity index (χ4n) is 2.47. The van der Waals surface area contributed by atoms with Crippen LogP contribution in [-0.2, 0) is 6.18 Å². The second kappa shape index (κ2) is 8.10. The fraction of sp³-hybridized carbons (Fsp3) is 0.0556. The number of aromatic nitrogens is 1. The molecule has 10 heteroatoms. The van der Waals surface area contributed by atoms with E-state index in [9.17, 15) is 13.2 Å². The van der Waals surface area contributed by atoms with Crippen LogP contribution in [0, 0.1) is 0 Å². The zero-order valence-electron chi connectivity index (χ0n) is 13.3. The van der Waals surface area contributed by atoms with E-state index in [1.807, 2.05) is 0 Å². The predicted molar refractivity (Wildman–Crippen MR) is 110 cm³/mol. The Morgan fingerprint density at radius 1 is 0.643 bits per heavy atom. The minimum Gasteiger partial charge on any atom is -0.243 e. The number of pyridine rings is 1. The first-order valence-electron chi connectivity index (χ1n) is 7.37. The molecule has 0 bridgehead atoms. The summed E-state index contributed by atoms with van der Waals surface area (Å²) in [5.74, 6) is 0. The molecule has 0 aliphatic rings. The SMILES string of the molecule is FC(F)(F)c1ccc(-c2cc(Cl)c(Cl)c(Cl)c2)c(-c2cc(Cl)c(Cl)c(Cl)c2)n1. The lowest BCUT2D eigenvalue weighted by atomic mass is 9.98. The Kier molecular flexibility index (Phi) is 6.31. The molecule has 0 atom stereocenters. The molecule has 0 saturated carbocycles. The Morgan fingerprint density at radius 3 is 1.50 bits per heavy atom. The molecule has 0 aliphatic heterocycles. The number of hydrogen-bond acceptors (Lipinski definition) is 1. The van der Waals surface area contributed by atoms with Crippen LogP contribution < -0.4 is 0 Å². The van der Waals surface area contributed by atoms with E-state index in [4.69, 9.17) is 69.6 Å². The van der Waals surface area contributed by atoms with Crippen molar-refractivity contribution in [1.29, 1.82) is 0 Å². The Labute approximate surface area is 187 Å². The number of halogens is 9. The first-order valence-corrected chi connectivity index (χ1v) is 9.64. The summed E-state index contributed by atoms with van der Waals surface area (Å²) in [5.41, 5.74) is -0.132. The second-order valence-electron chi connectivity index (χ2n) is 5.60. The summed E-state index contributed by atoms with van der Waals surface area (Å²) in [6.45, 7) is 0. The molecule has 0 spiro atoms. The average Bonchev–Trinajstić information content (AvgIpc) is 2.62. The van der Waals surface area contributed by atoms with Gasteiger partial charge in [0, 0.05) is 11.1 Å². The predicted octanol–water partition coefficient (Wildman–Crippen LogP) is 9.35. The van der Waals surface area contributed by atoms with E-state index in [2.05, 4.69) is 4.98 Å². The van der Waals surface area contributed by atoms with Crippen LogP contribution in [0.15, 0.2) is 36.4 Å². The van der Waals surface area contributed by atoms with E-state index in [-0.39, 0.29) is 41.4 Å². The smallest absolute Gasteiger partial charge is 0.243 e. The molecule has 0 N–H and O–H groups in total. The number of benzene rings is 2. The molecular formula is C18H6Cl6F3N. The maximum Gasteiger partial charge on any atom is 0.433 e. The van der Waals surface area contributed by atoms with Gasteiger partial charge in [0.25, 0.3) is 0 Å². The first kappa shape index (κ1) is 21.8. The number of nitrogens with zero attached hydrogens (tertiary/aromatic N) is 1. The van der Waals surface area contributed by atoms with Gasteiger partial charge in [-0.25, -0.2) is 4.98 Å². The highest BCUT2D eigenvalue weighted by Gasteiger charge is 2.33. The molecule has 0 unspecified atom stereocenters. The van der Waals surface area contributed by atoms with E-state index >= 15 is 0 Å². The standard InChI is InChI=1S/C18H6Cl6F3N/c19-10-3-7(4-11(20)15(10)23)9-1-2-14(18(25,26)27)28-17(9)8-5-12(21)16(24)13(22)6-8/h1-6H. The normalized spacial score (nSPS) is 11.8. The minimum atomic E-state index is -4.65. The van der Waals surface area contributed by atoms with Gasteiger partial charge < -0.3 is 0 Å². The minimum absolute atomic E-state index is 0.0234. The third kappa shape index (κ3) is 4.33. The van der Waals surface area contributed by atoms with Crippen LogP contribution in [0.25, 0.3) is 22.4 Å². The molecule has 1 aromatic heterocycles. The molecule has 1 heterocycles. The van der Waals surface area contributed by atoms with Crippen molar-refractivity contribution in [3.05, 3.63) is 72.2 Å². The van der Waals surface area contributed by atoms with Crippen molar-refractivity contribution in [2.75, 3.05) is 0 Å². The first-order chi connectivity index (χ1) is 13.0. The molecule has 146 valence electrons. The summed E-state index contributed by atoms with van der Waals surface area (Å²) in [6, 6.07) is 7.82. The third-order valence-corrected chi connectivity index (χ3v) is 6.13. The van der Waals surface area contributed by atoms with Crippen molar-refractivity contribution in [1.82, 2.24) is 4.98 Å². The van der Waals surface area contributed by atoms with Crippen LogP contribution in [0.5, 0.6) is 0 Å². The van der Waals surface area contributed by atoms with Crippen LogP contribution in [0.4, 0.5) is 13.2 Å². The molecule has 0 saturated heterocycles. The van der Waals surface area contributed by atoms with E-state index < -0.39 is 11.9 Å².